The molecule has 2 aliphatic rings. The molecule has 4 heteroatoms. The topological polar surface area (TPSA) is 15.7 Å². The van der Waals surface area contributed by atoms with Gasteiger partial charge in [-0.1, -0.05) is 24.1 Å². The number of hydrogen-bond acceptors (Lipinski definition) is 4. The SMILES string of the molecule is C#CCOc1ccc(CN2[C@@H]3CC[C@@H]2CN(Cc2cccs2)C3)cc1. The Morgan fingerprint density at radius 1 is 1.08 bits per heavy atom. The first-order valence-corrected chi connectivity index (χ1v) is 9.85. The van der Waals surface area contributed by atoms with Crippen LogP contribution in [0.1, 0.15) is 23.3 Å². The third kappa shape index (κ3) is 3.90. The zero-order valence-corrected chi connectivity index (χ0v) is 15.3. The first-order valence-electron chi connectivity index (χ1n) is 8.97. The summed E-state index contributed by atoms with van der Waals surface area (Å²) in [7, 11) is 0. The van der Waals surface area contributed by atoms with Crippen LogP contribution in [0.15, 0.2) is 41.8 Å². The fraction of sp³-hybridized carbons (Fsp3) is 0.429. The molecule has 2 atom stereocenters. The number of fused-ring (bicyclic) bond motifs is 2. The molecule has 0 unspecified atom stereocenters. The van der Waals surface area contributed by atoms with Gasteiger partial charge in [-0.2, -0.15) is 0 Å². The fourth-order valence-electron chi connectivity index (χ4n) is 4.11. The standard InChI is InChI=1S/C21H24N2OS/c1-2-11-24-20-9-5-17(6-10-20)13-23-18-7-8-19(23)15-22(14-18)16-21-4-3-12-25-21/h1,3-6,9-10,12,18-19H,7-8,11,13-16H2/t18-,19-/m1/s1. The first-order chi connectivity index (χ1) is 12.3. The van der Waals surface area contributed by atoms with Crippen LogP contribution < -0.4 is 4.74 Å². The molecule has 1 aromatic carbocycles. The van der Waals surface area contributed by atoms with Gasteiger partial charge in [0.25, 0.3) is 0 Å². The zero-order valence-electron chi connectivity index (χ0n) is 14.4. The molecule has 2 bridgehead atoms. The lowest BCUT2D eigenvalue weighted by atomic mass is 10.1. The van der Waals surface area contributed by atoms with E-state index in [0.29, 0.717) is 18.7 Å². The Morgan fingerprint density at radius 3 is 2.48 bits per heavy atom. The average molecular weight is 353 g/mol. The monoisotopic (exact) mass is 352 g/mol. The zero-order chi connectivity index (χ0) is 17.1. The quantitative estimate of drug-likeness (QED) is 0.739. The number of hydrogen-bond donors (Lipinski definition) is 0. The second-order valence-electron chi connectivity index (χ2n) is 6.97. The maximum Gasteiger partial charge on any atom is 0.148 e. The predicted molar refractivity (Wildman–Crippen MR) is 103 cm³/mol. The van der Waals surface area contributed by atoms with Gasteiger partial charge in [0.2, 0.25) is 0 Å². The van der Waals surface area contributed by atoms with Crippen LogP contribution in [0.25, 0.3) is 0 Å². The molecule has 0 aliphatic carbocycles. The van der Waals surface area contributed by atoms with E-state index in [-0.39, 0.29) is 0 Å². The van der Waals surface area contributed by atoms with E-state index in [1.165, 1.54) is 36.4 Å². The summed E-state index contributed by atoms with van der Waals surface area (Å²) >= 11 is 1.87. The van der Waals surface area contributed by atoms with Gasteiger partial charge < -0.3 is 4.74 Å². The third-order valence-electron chi connectivity index (χ3n) is 5.28. The Hall–Kier alpha value is -1.80. The summed E-state index contributed by atoms with van der Waals surface area (Å²) in [6, 6.07) is 14.2. The molecule has 0 saturated carbocycles. The largest absolute Gasteiger partial charge is 0.481 e. The summed E-state index contributed by atoms with van der Waals surface area (Å²) < 4.78 is 5.46. The van der Waals surface area contributed by atoms with Crippen molar-refractivity contribution >= 4 is 11.3 Å². The van der Waals surface area contributed by atoms with Crippen LogP contribution >= 0.6 is 11.3 Å². The van der Waals surface area contributed by atoms with Gasteiger partial charge in [-0.25, -0.2) is 0 Å². The third-order valence-corrected chi connectivity index (χ3v) is 6.14. The molecule has 4 rings (SSSR count). The summed E-state index contributed by atoms with van der Waals surface area (Å²) in [5.74, 6) is 3.35. The number of piperazine rings is 1. The van der Waals surface area contributed by atoms with Crippen LogP contribution in [0.3, 0.4) is 0 Å². The van der Waals surface area contributed by atoms with E-state index in [0.717, 1.165) is 18.8 Å². The van der Waals surface area contributed by atoms with E-state index in [1.807, 2.05) is 23.5 Å². The maximum atomic E-state index is 5.46. The summed E-state index contributed by atoms with van der Waals surface area (Å²) in [6.45, 7) is 4.86. The highest BCUT2D eigenvalue weighted by Crippen LogP contribution is 2.32. The summed E-state index contributed by atoms with van der Waals surface area (Å²) in [5.41, 5.74) is 1.36. The Bertz CT molecular complexity index is 705. The molecule has 2 fully saturated rings. The molecule has 2 aromatic rings. The predicted octanol–water partition coefficient (Wildman–Crippen LogP) is 3.61. The summed E-state index contributed by atoms with van der Waals surface area (Å²) in [4.78, 5) is 6.83. The lowest BCUT2D eigenvalue weighted by Crippen LogP contribution is -2.52. The van der Waals surface area contributed by atoms with Crippen LogP contribution in [0.2, 0.25) is 0 Å². The fourth-order valence-corrected chi connectivity index (χ4v) is 4.86. The average Bonchev–Trinajstić information content (AvgIpc) is 3.20. The first kappa shape index (κ1) is 16.7. The Balaban J connectivity index is 1.35. The van der Waals surface area contributed by atoms with Crippen molar-refractivity contribution in [3.63, 3.8) is 0 Å². The lowest BCUT2D eigenvalue weighted by Gasteiger charge is -2.41. The molecular formula is C21H24N2OS. The van der Waals surface area contributed by atoms with E-state index in [1.54, 1.807) is 0 Å². The van der Waals surface area contributed by atoms with Crippen LogP contribution in [-0.4, -0.2) is 41.6 Å². The number of likely N-dealkylation sites (tertiary alicyclic amines) is 1. The van der Waals surface area contributed by atoms with Crippen LogP contribution in [0, 0.1) is 12.3 Å². The summed E-state index contributed by atoms with van der Waals surface area (Å²) in [6.07, 6.45) is 7.89. The highest BCUT2D eigenvalue weighted by atomic mass is 32.1. The van der Waals surface area contributed by atoms with Crippen molar-refractivity contribution in [1.82, 2.24) is 9.80 Å². The van der Waals surface area contributed by atoms with Gasteiger partial charge in [0.05, 0.1) is 0 Å². The molecule has 130 valence electrons. The highest BCUT2D eigenvalue weighted by Gasteiger charge is 2.39. The molecule has 0 spiro atoms. The minimum Gasteiger partial charge on any atom is -0.481 e. The Labute approximate surface area is 154 Å². The van der Waals surface area contributed by atoms with Crippen molar-refractivity contribution in [1.29, 1.82) is 0 Å². The van der Waals surface area contributed by atoms with E-state index in [9.17, 15) is 0 Å². The van der Waals surface area contributed by atoms with Crippen LogP contribution in [-0.2, 0) is 13.1 Å². The second kappa shape index (κ2) is 7.61. The number of terminal acetylenes is 1. The maximum absolute atomic E-state index is 5.46. The van der Waals surface area contributed by atoms with Crippen molar-refractivity contribution in [2.45, 2.75) is 38.0 Å². The molecule has 2 saturated heterocycles. The molecule has 3 nitrogen and oxygen atoms in total. The van der Waals surface area contributed by atoms with E-state index >= 15 is 0 Å². The van der Waals surface area contributed by atoms with Gasteiger partial charge >= 0.3 is 0 Å². The molecule has 0 N–H and O–H groups in total. The van der Waals surface area contributed by atoms with Crippen LogP contribution in [0.5, 0.6) is 5.75 Å². The number of rotatable bonds is 6. The highest BCUT2D eigenvalue weighted by molar-refractivity contribution is 7.09. The van der Waals surface area contributed by atoms with Crippen molar-refractivity contribution in [3.8, 4) is 18.1 Å². The van der Waals surface area contributed by atoms with E-state index in [4.69, 9.17) is 11.2 Å². The minimum absolute atomic E-state index is 0.329. The van der Waals surface area contributed by atoms with E-state index in [2.05, 4.69) is 45.4 Å². The normalized spacial score (nSPS) is 23.5. The van der Waals surface area contributed by atoms with Gasteiger partial charge in [-0.15, -0.1) is 17.8 Å². The molecule has 3 heterocycles. The smallest absolute Gasteiger partial charge is 0.148 e. The Morgan fingerprint density at radius 2 is 1.84 bits per heavy atom. The molecule has 0 radical (unpaired) electrons. The van der Waals surface area contributed by atoms with E-state index < -0.39 is 0 Å². The number of nitrogens with zero attached hydrogens (tertiary/aromatic N) is 2. The van der Waals surface area contributed by atoms with Crippen molar-refractivity contribution in [2.75, 3.05) is 19.7 Å². The molecule has 0 amide bonds. The van der Waals surface area contributed by atoms with Crippen molar-refractivity contribution in [2.24, 2.45) is 0 Å². The van der Waals surface area contributed by atoms with Gasteiger partial charge in [0.15, 0.2) is 0 Å². The van der Waals surface area contributed by atoms with Gasteiger partial charge in [0.1, 0.15) is 12.4 Å². The number of thiophene rings is 1. The lowest BCUT2D eigenvalue weighted by molar-refractivity contribution is 0.0572. The summed E-state index contributed by atoms with van der Waals surface area (Å²) in [5, 5.41) is 2.18. The van der Waals surface area contributed by atoms with Crippen molar-refractivity contribution < 1.29 is 4.74 Å². The molecule has 2 aliphatic heterocycles. The van der Waals surface area contributed by atoms with Gasteiger partial charge in [-0.05, 0) is 42.0 Å². The molecular weight excluding hydrogens is 328 g/mol. The molecule has 1 aromatic heterocycles. The molecule has 25 heavy (non-hydrogen) atoms. The second-order valence-corrected chi connectivity index (χ2v) is 8.00. The number of benzene rings is 1. The van der Waals surface area contributed by atoms with Gasteiger partial charge in [-0.3, -0.25) is 9.80 Å². The minimum atomic E-state index is 0.329. The van der Waals surface area contributed by atoms with Crippen LogP contribution in [0.4, 0.5) is 0 Å². The Kier molecular flexibility index (Phi) is 5.07. The number of ether oxygens (including phenoxy) is 1. The van der Waals surface area contributed by atoms with Gasteiger partial charge in [0, 0.05) is 43.1 Å². The van der Waals surface area contributed by atoms with Crippen molar-refractivity contribution in [3.05, 3.63) is 52.2 Å².